The predicted molar refractivity (Wildman–Crippen MR) is 131 cm³/mol. The molecule has 41 heavy (non-hydrogen) atoms. The SMILES string of the molecule is Nc1ncnc2c1ncn2[C@H]1CC[C@@H](COP(=O)(O)OP(=O)(O)OC[C@H]2O[C@@H](n3cc(F)c(=O)[nH]c3=O)C[C@@H]2O)O1. The maximum Gasteiger partial charge on any atom is 0.481 e. The molecule has 19 nitrogen and oxygen atoms in total. The number of imidazole rings is 1. The van der Waals surface area contributed by atoms with Gasteiger partial charge in [0.1, 0.15) is 30.4 Å². The van der Waals surface area contributed by atoms with Crippen molar-refractivity contribution in [3.63, 3.8) is 0 Å². The molecule has 0 bridgehead atoms. The summed E-state index contributed by atoms with van der Waals surface area (Å²) in [6, 6.07) is 0. The first-order chi connectivity index (χ1) is 19.3. The fraction of sp³-hybridized carbons (Fsp3) is 0.526. The Morgan fingerprint density at radius 3 is 2.56 bits per heavy atom. The largest absolute Gasteiger partial charge is 0.481 e. The number of aromatic nitrogens is 6. The number of hydrogen-bond donors (Lipinski definition) is 5. The summed E-state index contributed by atoms with van der Waals surface area (Å²) in [5, 5.41) is 10.2. The Labute approximate surface area is 227 Å². The van der Waals surface area contributed by atoms with Gasteiger partial charge in [-0.05, 0) is 12.8 Å². The summed E-state index contributed by atoms with van der Waals surface area (Å²) in [4.78, 5) is 56.9. The third-order valence-electron chi connectivity index (χ3n) is 6.25. The minimum atomic E-state index is -5.24. The van der Waals surface area contributed by atoms with Crippen molar-refractivity contribution in [2.45, 2.75) is 50.0 Å². The lowest BCUT2D eigenvalue weighted by Crippen LogP contribution is -2.34. The van der Waals surface area contributed by atoms with Crippen LogP contribution in [0.1, 0.15) is 31.7 Å². The molecule has 2 aliphatic rings. The topological polar surface area (TPSA) is 265 Å². The van der Waals surface area contributed by atoms with Gasteiger partial charge in [-0.15, -0.1) is 0 Å². The molecule has 5 rings (SSSR count). The second kappa shape index (κ2) is 11.4. The van der Waals surface area contributed by atoms with E-state index in [-0.39, 0.29) is 12.2 Å². The molecule has 0 radical (unpaired) electrons. The van der Waals surface area contributed by atoms with Crippen LogP contribution in [0.4, 0.5) is 10.2 Å². The molecule has 224 valence electrons. The van der Waals surface area contributed by atoms with Crippen LogP contribution in [0.2, 0.25) is 0 Å². The highest BCUT2D eigenvalue weighted by Crippen LogP contribution is 2.60. The van der Waals surface area contributed by atoms with Crippen LogP contribution >= 0.6 is 15.6 Å². The van der Waals surface area contributed by atoms with Crippen LogP contribution in [0.3, 0.4) is 0 Å². The van der Waals surface area contributed by atoms with Gasteiger partial charge in [-0.2, -0.15) is 8.70 Å². The third kappa shape index (κ3) is 6.62. The fourth-order valence-corrected chi connectivity index (χ4v) is 6.44. The van der Waals surface area contributed by atoms with Gasteiger partial charge in [-0.3, -0.25) is 28.0 Å². The zero-order valence-corrected chi connectivity index (χ0v) is 22.5. The molecule has 2 aliphatic heterocycles. The summed E-state index contributed by atoms with van der Waals surface area (Å²) in [5.41, 5.74) is 4.33. The molecule has 0 saturated carbocycles. The number of rotatable bonds is 10. The van der Waals surface area contributed by atoms with Crippen LogP contribution in [0, 0.1) is 5.82 Å². The number of aliphatic hydroxyl groups excluding tert-OH is 1. The van der Waals surface area contributed by atoms with Crippen molar-refractivity contribution in [1.29, 1.82) is 0 Å². The summed E-state index contributed by atoms with van der Waals surface area (Å²) in [5.74, 6) is -1.09. The monoisotopic (exact) mass is 623 g/mol. The number of phosphoric acid groups is 2. The van der Waals surface area contributed by atoms with Crippen LogP contribution in [0.15, 0.2) is 28.4 Å². The molecular weight excluding hydrogens is 599 g/mol. The van der Waals surface area contributed by atoms with Crippen molar-refractivity contribution in [1.82, 2.24) is 29.1 Å². The summed E-state index contributed by atoms with van der Waals surface area (Å²) in [6.07, 6.45) is -1.27. The van der Waals surface area contributed by atoms with Gasteiger partial charge in [0.2, 0.25) is 5.82 Å². The Kier molecular flexibility index (Phi) is 8.23. The molecule has 22 heteroatoms. The van der Waals surface area contributed by atoms with Gasteiger partial charge in [0.25, 0.3) is 5.56 Å². The van der Waals surface area contributed by atoms with Crippen molar-refractivity contribution < 1.29 is 51.2 Å². The van der Waals surface area contributed by atoms with Crippen molar-refractivity contribution in [3.05, 3.63) is 45.5 Å². The molecule has 3 aromatic heterocycles. The Morgan fingerprint density at radius 2 is 1.80 bits per heavy atom. The first-order valence-corrected chi connectivity index (χ1v) is 14.9. The van der Waals surface area contributed by atoms with Crippen molar-refractivity contribution in [2.24, 2.45) is 0 Å². The van der Waals surface area contributed by atoms with E-state index in [1.165, 1.54) is 12.7 Å². The highest BCUT2D eigenvalue weighted by atomic mass is 31.3. The molecule has 2 unspecified atom stereocenters. The molecule has 6 N–H and O–H groups in total. The Morgan fingerprint density at radius 1 is 1.07 bits per heavy atom. The highest BCUT2D eigenvalue weighted by molar-refractivity contribution is 7.61. The number of halogens is 1. The van der Waals surface area contributed by atoms with Gasteiger partial charge in [0.15, 0.2) is 11.5 Å². The number of hydrogen-bond acceptors (Lipinski definition) is 14. The van der Waals surface area contributed by atoms with Gasteiger partial charge in [0, 0.05) is 6.42 Å². The summed E-state index contributed by atoms with van der Waals surface area (Å²) in [6.45, 7) is -1.31. The van der Waals surface area contributed by atoms with E-state index in [0.29, 0.717) is 34.8 Å². The lowest BCUT2D eigenvalue weighted by atomic mass is 10.2. The van der Waals surface area contributed by atoms with E-state index in [9.17, 15) is 38.0 Å². The van der Waals surface area contributed by atoms with E-state index in [1.807, 2.05) is 0 Å². The van der Waals surface area contributed by atoms with Crippen molar-refractivity contribution >= 4 is 32.6 Å². The van der Waals surface area contributed by atoms with Crippen LogP contribution < -0.4 is 17.0 Å². The Balaban J connectivity index is 1.11. The number of nitrogen functional groups attached to an aromatic ring is 1. The van der Waals surface area contributed by atoms with Gasteiger partial charge < -0.3 is 30.1 Å². The maximum atomic E-state index is 13.6. The first kappa shape index (κ1) is 29.6. The zero-order valence-electron chi connectivity index (χ0n) is 20.8. The normalized spacial score (nSPS) is 27.7. The van der Waals surface area contributed by atoms with Crippen LogP contribution in [0.5, 0.6) is 0 Å². The molecule has 0 aliphatic carbocycles. The summed E-state index contributed by atoms with van der Waals surface area (Å²) >= 11 is 0. The zero-order chi connectivity index (χ0) is 29.5. The molecule has 2 fully saturated rings. The van der Waals surface area contributed by atoms with Gasteiger partial charge in [0.05, 0.1) is 37.9 Å². The molecule has 3 aromatic rings. The lowest BCUT2D eigenvalue weighted by molar-refractivity contribution is -0.0458. The van der Waals surface area contributed by atoms with E-state index in [0.717, 1.165) is 0 Å². The van der Waals surface area contributed by atoms with Crippen LogP contribution in [-0.4, -0.2) is 75.5 Å². The number of nitrogens with one attached hydrogen (secondary N) is 1. The Hall–Kier alpha value is -2.90. The van der Waals surface area contributed by atoms with E-state index in [2.05, 4.69) is 23.8 Å². The molecule has 0 amide bonds. The van der Waals surface area contributed by atoms with E-state index in [4.69, 9.17) is 19.7 Å². The van der Waals surface area contributed by atoms with E-state index in [1.54, 1.807) is 9.55 Å². The quantitative estimate of drug-likeness (QED) is 0.181. The highest BCUT2D eigenvalue weighted by Gasteiger charge is 2.41. The van der Waals surface area contributed by atoms with E-state index >= 15 is 0 Å². The number of H-pyrrole nitrogens is 1. The number of nitrogens with two attached hydrogens (primary N) is 1. The average molecular weight is 623 g/mol. The lowest BCUT2D eigenvalue weighted by Gasteiger charge is -2.20. The number of nitrogens with zero attached hydrogens (tertiary/aromatic N) is 5. The number of aromatic amines is 1. The minimum Gasteiger partial charge on any atom is -0.390 e. The van der Waals surface area contributed by atoms with Crippen molar-refractivity contribution in [3.8, 4) is 0 Å². The summed E-state index contributed by atoms with van der Waals surface area (Å²) in [7, 11) is -10.4. The smallest absolute Gasteiger partial charge is 0.390 e. The predicted octanol–water partition coefficient (Wildman–Crippen LogP) is -0.326. The van der Waals surface area contributed by atoms with Gasteiger partial charge >= 0.3 is 21.3 Å². The number of fused-ring (bicyclic) bond motifs is 1. The molecule has 7 atom stereocenters. The second-order valence-corrected chi connectivity index (χ2v) is 12.1. The molecular formula is C19H24FN7O12P2. The van der Waals surface area contributed by atoms with Crippen molar-refractivity contribution in [2.75, 3.05) is 18.9 Å². The molecule has 2 saturated heterocycles. The number of ether oxygens (including phenoxy) is 2. The average Bonchev–Trinajstić information content (AvgIpc) is 3.62. The minimum absolute atomic E-state index is 0.189. The fourth-order valence-electron chi connectivity index (χ4n) is 4.33. The van der Waals surface area contributed by atoms with Gasteiger partial charge in [-0.25, -0.2) is 28.9 Å². The van der Waals surface area contributed by atoms with Crippen LogP contribution in [-0.2, 0) is 32.0 Å². The van der Waals surface area contributed by atoms with Crippen LogP contribution in [0.25, 0.3) is 11.2 Å². The second-order valence-electron chi connectivity index (χ2n) is 9.06. The number of anilines is 1. The Bertz CT molecular complexity index is 1650. The maximum absolute atomic E-state index is 13.6. The van der Waals surface area contributed by atoms with E-state index < -0.39 is 76.7 Å². The standard InChI is InChI=1S/C19H24FN7O12P2/c20-10-4-26(19(30)25-18(10)29)14-3-11(28)12(38-14)6-36-41(33,34)39-40(31,32)35-5-9-1-2-13(37-9)27-8-24-15-16(21)22-7-23-17(15)27/h4,7-9,11-14,28H,1-3,5-6H2,(H,31,32)(H,33,34)(H2,21,22,23)(H,25,29,30)/t9-,11-,12+,13+,14+/m0/s1. The number of phosphoric ester groups is 2. The molecule has 0 spiro atoms. The third-order valence-corrected chi connectivity index (χ3v) is 8.85. The summed E-state index contributed by atoms with van der Waals surface area (Å²) < 4.78 is 65.4. The van der Waals surface area contributed by atoms with Gasteiger partial charge in [-0.1, -0.05) is 0 Å². The molecule has 5 heterocycles. The number of aliphatic hydroxyl groups is 1. The molecule has 0 aromatic carbocycles. The first-order valence-electron chi connectivity index (χ1n) is 11.9.